The Kier molecular flexibility index (Phi) is 8.43. The first-order valence-electron chi connectivity index (χ1n) is 8.62. The van der Waals surface area contributed by atoms with E-state index >= 15 is 0 Å². The van der Waals surface area contributed by atoms with Crippen molar-refractivity contribution in [1.29, 1.82) is 0 Å². The van der Waals surface area contributed by atoms with Gasteiger partial charge in [0, 0.05) is 23.8 Å². The number of imide groups is 1. The monoisotopic (exact) mass is 760 g/mol. The molecular weight excluding hydrogens is 745 g/mol. The second-order valence-electron chi connectivity index (χ2n) is 6.11. The van der Waals surface area contributed by atoms with Gasteiger partial charge in [-0.15, -0.1) is 0 Å². The van der Waals surface area contributed by atoms with E-state index < -0.39 is 0 Å². The van der Waals surface area contributed by atoms with E-state index in [2.05, 4.69) is 73.1 Å². The lowest BCUT2D eigenvalue weighted by Gasteiger charge is -2.14. The molecule has 0 atom stereocenters. The summed E-state index contributed by atoms with van der Waals surface area (Å²) in [4.78, 5) is 38.9. The molecule has 156 valence electrons. The summed E-state index contributed by atoms with van der Waals surface area (Å²) in [6, 6.07) is 11.0. The summed E-state index contributed by atoms with van der Waals surface area (Å²) in [5, 5.41) is 2.46. The lowest BCUT2D eigenvalue weighted by atomic mass is 10.2. The van der Waals surface area contributed by atoms with Crippen LogP contribution in [0, 0.1) is 10.7 Å². The van der Waals surface area contributed by atoms with Gasteiger partial charge in [-0.25, -0.2) is 0 Å². The number of carbonyl (C=O) groups excluding carboxylic acids is 3. The zero-order valence-electron chi connectivity index (χ0n) is 15.6. The molecule has 3 rings (SSSR count). The molecule has 0 saturated carbocycles. The van der Waals surface area contributed by atoms with Crippen LogP contribution in [0.15, 0.2) is 41.3 Å². The van der Waals surface area contributed by atoms with Gasteiger partial charge in [0.2, 0.25) is 0 Å². The van der Waals surface area contributed by atoms with Gasteiger partial charge in [0.15, 0.2) is 0 Å². The SMILES string of the molecule is COc1ccc(C=C2SC(=O)N(CCNC(=O)c3cc(I)cc(I)c3I)C2=O)cc1. The number of rotatable bonds is 6. The normalized spacial score (nSPS) is 15.1. The van der Waals surface area contributed by atoms with Crippen LogP contribution in [0.5, 0.6) is 5.75 Å². The van der Waals surface area contributed by atoms with Crippen molar-refractivity contribution >= 4 is 103 Å². The third-order valence-electron chi connectivity index (χ3n) is 4.15. The average molecular weight is 760 g/mol. The van der Waals surface area contributed by atoms with Crippen LogP contribution in [0.4, 0.5) is 4.79 Å². The van der Waals surface area contributed by atoms with Crippen LogP contribution in [0.3, 0.4) is 0 Å². The molecule has 1 fully saturated rings. The number of methoxy groups -OCH3 is 1. The van der Waals surface area contributed by atoms with Gasteiger partial charge in [0.1, 0.15) is 5.75 Å². The molecule has 3 amide bonds. The first-order valence-corrected chi connectivity index (χ1v) is 12.7. The fraction of sp³-hybridized carbons (Fsp3) is 0.150. The van der Waals surface area contributed by atoms with E-state index in [9.17, 15) is 14.4 Å². The van der Waals surface area contributed by atoms with E-state index in [1.807, 2.05) is 24.3 Å². The fourth-order valence-electron chi connectivity index (χ4n) is 2.64. The molecule has 0 aliphatic carbocycles. The van der Waals surface area contributed by atoms with Gasteiger partial charge in [-0.1, -0.05) is 12.1 Å². The standard InChI is InChI=1S/C20H15I3N2O4S/c1-29-13-4-2-11(3-5-13)8-16-19(27)25(20(28)30-16)7-6-24-18(26)14-9-12(21)10-15(22)17(14)23/h2-5,8-10H,6-7H2,1H3,(H,24,26). The van der Waals surface area contributed by atoms with E-state index in [0.29, 0.717) is 16.2 Å². The van der Waals surface area contributed by atoms with Crippen molar-refractivity contribution in [2.24, 2.45) is 0 Å². The number of amides is 3. The molecule has 1 saturated heterocycles. The molecule has 1 aliphatic heterocycles. The Hall–Kier alpha value is -0.870. The van der Waals surface area contributed by atoms with E-state index in [4.69, 9.17) is 4.74 Å². The minimum atomic E-state index is -0.353. The van der Waals surface area contributed by atoms with E-state index in [1.54, 1.807) is 25.3 Å². The molecule has 2 aromatic rings. The quantitative estimate of drug-likeness (QED) is 0.256. The van der Waals surface area contributed by atoms with Gasteiger partial charge < -0.3 is 10.1 Å². The minimum absolute atomic E-state index is 0.119. The Bertz CT molecular complexity index is 1040. The number of halogens is 3. The smallest absolute Gasteiger partial charge is 0.293 e. The maximum absolute atomic E-state index is 12.6. The molecule has 0 radical (unpaired) electrons. The highest BCUT2D eigenvalue weighted by Gasteiger charge is 2.34. The Balaban J connectivity index is 1.62. The number of ether oxygens (including phenoxy) is 1. The number of carbonyl (C=O) groups is 3. The van der Waals surface area contributed by atoms with Crippen molar-refractivity contribution in [3.63, 3.8) is 0 Å². The molecule has 0 unspecified atom stereocenters. The second kappa shape index (κ2) is 10.6. The zero-order chi connectivity index (χ0) is 21.8. The Morgan fingerprint density at radius 2 is 1.87 bits per heavy atom. The van der Waals surface area contributed by atoms with Gasteiger partial charge >= 0.3 is 0 Å². The molecule has 0 bridgehead atoms. The van der Waals surface area contributed by atoms with Crippen molar-refractivity contribution in [2.45, 2.75) is 0 Å². The Morgan fingerprint density at radius 3 is 2.53 bits per heavy atom. The molecule has 30 heavy (non-hydrogen) atoms. The van der Waals surface area contributed by atoms with Crippen LogP contribution in [0.25, 0.3) is 6.08 Å². The van der Waals surface area contributed by atoms with Crippen LogP contribution in [0.1, 0.15) is 15.9 Å². The van der Waals surface area contributed by atoms with Crippen molar-refractivity contribution in [1.82, 2.24) is 10.2 Å². The molecule has 1 heterocycles. The highest BCUT2D eigenvalue weighted by molar-refractivity contribution is 14.1. The predicted octanol–water partition coefficient (Wildman–Crippen LogP) is 4.98. The summed E-state index contributed by atoms with van der Waals surface area (Å²) in [6.45, 7) is 0.304. The highest BCUT2D eigenvalue weighted by Crippen LogP contribution is 2.32. The summed E-state index contributed by atoms with van der Waals surface area (Å²) in [7, 11) is 1.58. The van der Waals surface area contributed by atoms with Crippen LogP contribution < -0.4 is 10.1 Å². The number of nitrogens with zero attached hydrogens (tertiary/aromatic N) is 1. The third kappa shape index (κ3) is 5.68. The number of hydrogen-bond donors (Lipinski definition) is 1. The van der Waals surface area contributed by atoms with Crippen LogP contribution >= 0.6 is 79.5 Å². The van der Waals surface area contributed by atoms with Crippen molar-refractivity contribution in [3.05, 3.63) is 63.1 Å². The molecule has 0 aromatic heterocycles. The Labute approximate surface area is 219 Å². The molecule has 0 spiro atoms. The van der Waals surface area contributed by atoms with E-state index in [-0.39, 0.29) is 30.1 Å². The third-order valence-corrected chi connectivity index (χ3v) is 8.72. The number of benzene rings is 2. The zero-order valence-corrected chi connectivity index (χ0v) is 22.9. The molecule has 1 N–H and O–H groups in total. The number of thioether (sulfide) groups is 1. The molecule has 1 aliphatic rings. The molecule has 6 nitrogen and oxygen atoms in total. The molecule has 10 heteroatoms. The first kappa shape index (κ1) is 23.8. The summed E-state index contributed by atoms with van der Waals surface area (Å²) >= 11 is 7.40. The lowest BCUT2D eigenvalue weighted by molar-refractivity contribution is -0.122. The van der Waals surface area contributed by atoms with Crippen LogP contribution in [-0.4, -0.2) is 42.2 Å². The lowest BCUT2D eigenvalue weighted by Crippen LogP contribution is -2.37. The largest absolute Gasteiger partial charge is 0.497 e. The van der Waals surface area contributed by atoms with Gasteiger partial charge in [-0.3, -0.25) is 19.3 Å². The van der Waals surface area contributed by atoms with Crippen molar-refractivity contribution in [2.75, 3.05) is 20.2 Å². The maximum Gasteiger partial charge on any atom is 0.293 e. The summed E-state index contributed by atoms with van der Waals surface area (Å²) < 4.78 is 7.96. The summed E-state index contributed by atoms with van der Waals surface area (Å²) in [5.41, 5.74) is 1.39. The van der Waals surface area contributed by atoms with Gasteiger partial charge in [0.25, 0.3) is 17.1 Å². The van der Waals surface area contributed by atoms with Gasteiger partial charge in [-0.2, -0.15) is 0 Å². The van der Waals surface area contributed by atoms with Crippen LogP contribution in [0.2, 0.25) is 0 Å². The average Bonchev–Trinajstić information content (AvgIpc) is 2.98. The fourth-order valence-corrected chi connectivity index (χ4v) is 5.91. The van der Waals surface area contributed by atoms with Crippen molar-refractivity contribution in [3.8, 4) is 5.75 Å². The minimum Gasteiger partial charge on any atom is -0.497 e. The summed E-state index contributed by atoms with van der Waals surface area (Å²) in [6.07, 6.45) is 1.68. The molecular formula is C20H15I3N2O4S. The second-order valence-corrected chi connectivity index (χ2v) is 10.6. The number of nitrogens with one attached hydrogen (secondary N) is 1. The summed E-state index contributed by atoms with van der Waals surface area (Å²) in [5.74, 6) is 0.137. The van der Waals surface area contributed by atoms with E-state index in [0.717, 1.165) is 32.9 Å². The number of hydrogen-bond acceptors (Lipinski definition) is 5. The van der Waals surface area contributed by atoms with E-state index in [1.165, 1.54) is 0 Å². The van der Waals surface area contributed by atoms with Gasteiger partial charge in [0.05, 0.1) is 17.6 Å². The topological polar surface area (TPSA) is 75.7 Å². The predicted molar refractivity (Wildman–Crippen MR) is 143 cm³/mol. The highest BCUT2D eigenvalue weighted by atomic mass is 127. The Morgan fingerprint density at radius 1 is 1.17 bits per heavy atom. The van der Waals surface area contributed by atoms with Crippen LogP contribution in [-0.2, 0) is 4.79 Å². The first-order chi connectivity index (χ1) is 14.3. The van der Waals surface area contributed by atoms with Crippen molar-refractivity contribution < 1.29 is 19.1 Å². The maximum atomic E-state index is 12.6. The molecule has 2 aromatic carbocycles. The van der Waals surface area contributed by atoms with Gasteiger partial charge in [-0.05, 0) is 115 Å².